The highest BCUT2D eigenvalue weighted by Gasteiger charge is 2.02. The van der Waals surface area contributed by atoms with Gasteiger partial charge < -0.3 is 5.32 Å². The van der Waals surface area contributed by atoms with E-state index in [1.54, 1.807) is 11.3 Å². The van der Waals surface area contributed by atoms with Crippen LogP contribution >= 0.6 is 11.3 Å². The van der Waals surface area contributed by atoms with Crippen molar-refractivity contribution in [3.05, 3.63) is 29.6 Å². The lowest BCUT2D eigenvalue weighted by Gasteiger charge is -2.05. The van der Waals surface area contributed by atoms with Crippen molar-refractivity contribution in [3.63, 3.8) is 0 Å². The minimum Gasteiger partial charge on any atom is -0.325 e. The van der Waals surface area contributed by atoms with Gasteiger partial charge in [-0.2, -0.15) is 0 Å². The lowest BCUT2D eigenvalue weighted by atomic mass is 10.2. The van der Waals surface area contributed by atoms with Crippen LogP contribution in [0.1, 0.15) is 0 Å². The Morgan fingerprint density at radius 3 is 3.12 bits per heavy atom. The van der Waals surface area contributed by atoms with Gasteiger partial charge in [0.2, 0.25) is 5.91 Å². The van der Waals surface area contributed by atoms with Crippen LogP contribution in [0.25, 0.3) is 10.1 Å². The molecule has 2 aromatic rings. The highest BCUT2D eigenvalue weighted by molar-refractivity contribution is 7.17. The van der Waals surface area contributed by atoms with Gasteiger partial charge in [-0.05, 0) is 35.0 Å². The third-order valence-electron chi connectivity index (χ3n) is 2.25. The summed E-state index contributed by atoms with van der Waals surface area (Å²) < 4.78 is 1.22. The number of thiophene rings is 1. The Hall–Kier alpha value is -1.83. The van der Waals surface area contributed by atoms with Gasteiger partial charge in [0.15, 0.2) is 0 Å². The van der Waals surface area contributed by atoms with E-state index < -0.39 is 0 Å². The topological polar surface area (TPSA) is 41.1 Å². The third kappa shape index (κ3) is 3.06. The second-order valence-electron chi connectivity index (χ2n) is 3.53. The average molecular weight is 244 g/mol. The standard InChI is InChI=1S/C13H12N2OS/c1-2-6-14-9-13(16)15-11-3-4-12-10(8-11)5-7-17-12/h1,3-5,7-8,14H,6,9H2,(H,15,16). The molecule has 4 heteroatoms. The van der Waals surface area contributed by atoms with Crippen LogP contribution in [0.5, 0.6) is 0 Å². The van der Waals surface area contributed by atoms with Crippen molar-refractivity contribution in [2.24, 2.45) is 0 Å². The van der Waals surface area contributed by atoms with E-state index in [2.05, 4.69) is 16.6 Å². The van der Waals surface area contributed by atoms with Crippen LogP contribution in [0.3, 0.4) is 0 Å². The molecule has 86 valence electrons. The molecule has 1 amide bonds. The second-order valence-corrected chi connectivity index (χ2v) is 4.48. The fraction of sp³-hybridized carbons (Fsp3) is 0.154. The van der Waals surface area contributed by atoms with E-state index in [0.29, 0.717) is 6.54 Å². The Kier molecular flexibility index (Phi) is 3.76. The molecule has 0 saturated heterocycles. The summed E-state index contributed by atoms with van der Waals surface area (Å²) in [5, 5.41) is 8.83. The summed E-state index contributed by atoms with van der Waals surface area (Å²) in [4.78, 5) is 11.5. The Morgan fingerprint density at radius 2 is 2.29 bits per heavy atom. The van der Waals surface area contributed by atoms with E-state index in [0.717, 1.165) is 11.1 Å². The van der Waals surface area contributed by atoms with E-state index in [-0.39, 0.29) is 12.5 Å². The predicted octanol–water partition coefficient (Wildman–Crippen LogP) is 2.06. The largest absolute Gasteiger partial charge is 0.325 e. The first-order valence-electron chi connectivity index (χ1n) is 5.21. The van der Waals surface area contributed by atoms with Crippen LogP contribution in [-0.4, -0.2) is 19.0 Å². The Morgan fingerprint density at radius 1 is 1.41 bits per heavy atom. The molecule has 0 spiro atoms. The number of hydrogen-bond acceptors (Lipinski definition) is 3. The molecule has 1 aromatic carbocycles. The fourth-order valence-corrected chi connectivity index (χ4v) is 2.27. The Balaban J connectivity index is 1.98. The maximum absolute atomic E-state index is 11.5. The molecule has 0 bridgehead atoms. The van der Waals surface area contributed by atoms with Crippen LogP contribution in [0.15, 0.2) is 29.6 Å². The quantitative estimate of drug-likeness (QED) is 0.638. The summed E-state index contributed by atoms with van der Waals surface area (Å²) in [6, 6.07) is 7.90. The summed E-state index contributed by atoms with van der Waals surface area (Å²) in [6.45, 7) is 0.628. The molecule has 2 N–H and O–H groups in total. The summed E-state index contributed by atoms with van der Waals surface area (Å²) in [5.41, 5.74) is 0.809. The molecular weight excluding hydrogens is 232 g/mol. The molecule has 0 aliphatic heterocycles. The van der Waals surface area contributed by atoms with E-state index in [9.17, 15) is 4.79 Å². The molecule has 0 unspecified atom stereocenters. The molecular formula is C13H12N2OS. The van der Waals surface area contributed by atoms with Crippen molar-refractivity contribution in [2.45, 2.75) is 0 Å². The van der Waals surface area contributed by atoms with Gasteiger partial charge in [-0.3, -0.25) is 10.1 Å². The first-order valence-corrected chi connectivity index (χ1v) is 6.09. The maximum Gasteiger partial charge on any atom is 0.238 e. The molecule has 3 nitrogen and oxygen atoms in total. The van der Waals surface area contributed by atoms with Crippen LogP contribution in [0, 0.1) is 12.3 Å². The van der Waals surface area contributed by atoms with Crippen LogP contribution in [0.4, 0.5) is 5.69 Å². The maximum atomic E-state index is 11.5. The number of benzene rings is 1. The van der Waals surface area contributed by atoms with Crippen LogP contribution in [0.2, 0.25) is 0 Å². The minimum atomic E-state index is -0.0881. The number of terminal acetylenes is 1. The lowest BCUT2D eigenvalue weighted by Crippen LogP contribution is -2.28. The van der Waals surface area contributed by atoms with Gasteiger partial charge in [-0.1, -0.05) is 5.92 Å². The number of rotatable bonds is 4. The summed E-state index contributed by atoms with van der Waals surface area (Å²) in [6.07, 6.45) is 5.07. The lowest BCUT2D eigenvalue weighted by molar-refractivity contribution is -0.115. The number of carbonyl (C=O) groups is 1. The van der Waals surface area contributed by atoms with Gasteiger partial charge in [0.1, 0.15) is 0 Å². The zero-order valence-corrected chi connectivity index (χ0v) is 10.0. The molecule has 0 aliphatic carbocycles. The first kappa shape index (κ1) is 11.6. The number of carbonyl (C=O) groups excluding carboxylic acids is 1. The number of hydrogen-bond donors (Lipinski definition) is 2. The zero-order valence-electron chi connectivity index (χ0n) is 9.19. The van der Waals surface area contributed by atoms with Gasteiger partial charge in [-0.15, -0.1) is 17.8 Å². The molecule has 0 fully saturated rings. The van der Waals surface area contributed by atoms with Crippen LogP contribution in [-0.2, 0) is 4.79 Å². The SMILES string of the molecule is C#CCNCC(=O)Nc1ccc2sccc2c1. The van der Waals surface area contributed by atoms with Crippen molar-refractivity contribution in [2.75, 3.05) is 18.4 Å². The van der Waals surface area contributed by atoms with Gasteiger partial charge in [0, 0.05) is 10.4 Å². The van der Waals surface area contributed by atoms with Crippen molar-refractivity contribution in [3.8, 4) is 12.3 Å². The highest BCUT2D eigenvalue weighted by atomic mass is 32.1. The van der Waals surface area contributed by atoms with Gasteiger partial charge >= 0.3 is 0 Å². The Labute approximate surface area is 104 Å². The molecule has 17 heavy (non-hydrogen) atoms. The third-order valence-corrected chi connectivity index (χ3v) is 3.15. The van der Waals surface area contributed by atoms with E-state index in [1.165, 1.54) is 4.70 Å². The number of fused-ring (bicyclic) bond motifs is 1. The highest BCUT2D eigenvalue weighted by Crippen LogP contribution is 2.23. The summed E-state index contributed by atoms with van der Waals surface area (Å²) in [5.74, 6) is 2.33. The molecule has 2 rings (SSSR count). The van der Waals surface area contributed by atoms with Crippen molar-refractivity contribution >= 4 is 33.0 Å². The molecule has 0 atom stereocenters. The number of nitrogens with one attached hydrogen (secondary N) is 2. The van der Waals surface area contributed by atoms with Gasteiger partial charge in [0.05, 0.1) is 13.1 Å². The summed E-state index contributed by atoms with van der Waals surface area (Å²) >= 11 is 1.68. The molecule has 1 aromatic heterocycles. The van der Waals surface area contributed by atoms with Crippen LogP contribution < -0.4 is 10.6 Å². The zero-order chi connectivity index (χ0) is 12.1. The Bertz CT molecular complexity index is 568. The number of amides is 1. The van der Waals surface area contributed by atoms with Crippen molar-refractivity contribution in [1.29, 1.82) is 0 Å². The van der Waals surface area contributed by atoms with Gasteiger partial charge in [-0.25, -0.2) is 0 Å². The van der Waals surface area contributed by atoms with E-state index in [1.807, 2.05) is 29.6 Å². The first-order chi connectivity index (χ1) is 8.29. The molecule has 0 radical (unpaired) electrons. The predicted molar refractivity (Wildman–Crippen MR) is 72.2 cm³/mol. The van der Waals surface area contributed by atoms with Crippen molar-refractivity contribution in [1.82, 2.24) is 5.32 Å². The smallest absolute Gasteiger partial charge is 0.238 e. The molecule has 1 heterocycles. The van der Waals surface area contributed by atoms with E-state index >= 15 is 0 Å². The molecule has 0 saturated carbocycles. The fourth-order valence-electron chi connectivity index (χ4n) is 1.50. The monoisotopic (exact) mass is 244 g/mol. The second kappa shape index (κ2) is 5.48. The van der Waals surface area contributed by atoms with Crippen molar-refractivity contribution < 1.29 is 4.79 Å². The number of anilines is 1. The van der Waals surface area contributed by atoms with Gasteiger partial charge in [0.25, 0.3) is 0 Å². The minimum absolute atomic E-state index is 0.0881. The average Bonchev–Trinajstić information content (AvgIpc) is 2.76. The normalized spacial score (nSPS) is 10.1. The summed E-state index contributed by atoms with van der Waals surface area (Å²) in [7, 11) is 0. The molecule has 0 aliphatic rings. The van der Waals surface area contributed by atoms with E-state index in [4.69, 9.17) is 6.42 Å².